The fraction of sp³-hybridized carbons (Fsp3) is 0.111. The Labute approximate surface area is 343 Å². The van der Waals surface area contributed by atoms with Gasteiger partial charge in [0.25, 0.3) is 0 Å². The Balaban J connectivity index is 0.968. The van der Waals surface area contributed by atoms with E-state index in [0.29, 0.717) is 0 Å². The lowest BCUT2D eigenvalue weighted by molar-refractivity contribution is 0.660. The van der Waals surface area contributed by atoms with Crippen LogP contribution in [0.4, 0.5) is 0 Å². The molecule has 1 aromatic heterocycles. The molecular formula is C54H41N3S. The van der Waals surface area contributed by atoms with Crippen molar-refractivity contribution >= 4 is 43.2 Å². The van der Waals surface area contributed by atoms with E-state index in [1.807, 2.05) is 11.3 Å². The van der Waals surface area contributed by atoms with Crippen molar-refractivity contribution in [3.05, 3.63) is 204 Å². The van der Waals surface area contributed by atoms with E-state index < -0.39 is 0 Å². The lowest BCUT2D eigenvalue weighted by Crippen LogP contribution is -2.36. The summed E-state index contributed by atoms with van der Waals surface area (Å²) in [6, 6.07) is 57.7. The first-order chi connectivity index (χ1) is 28.5. The Morgan fingerprint density at radius 3 is 1.98 bits per heavy atom. The molecule has 1 aliphatic heterocycles. The van der Waals surface area contributed by atoms with E-state index in [-0.39, 0.29) is 11.6 Å². The SMILES string of the molecule is CC1(C)c2ccccc2-c2cc(-c3ccc(C4N=C(C5=CC=CCC5)NC(c5cccc6sc7ccc(-c8ccc(-c9ccccc9)cc8)cc7c56)=N4)cc3)ccc21. The second-order valence-corrected chi connectivity index (χ2v) is 17.2. The van der Waals surface area contributed by atoms with Crippen LogP contribution in [-0.2, 0) is 5.41 Å². The molecule has 8 aromatic rings. The Bertz CT molecular complexity index is 3030. The van der Waals surface area contributed by atoms with Crippen LogP contribution in [0.1, 0.15) is 55.1 Å². The Hall–Kier alpha value is -6.62. The molecule has 3 aliphatic rings. The molecule has 2 heterocycles. The number of aliphatic imine (C=N–C) groups is 2. The third-order valence-electron chi connectivity index (χ3n) is 12.3. The molecule has 7 aromatic carbocycles. The average Bonchev–Trinajstić information content (AvgIpc) is 3.78. The molecule has 0 saturated heterocycles. The molecule has 0 bridgehead atoms. The van der Waals surface area contributed by atoms with Crippen molar-refractivity contribution < 1.29 is 0 Å². The number of fused-ring (bicyclic) bond motifs is 6. The summed E-state index contributed by atoms with van der Waals surface area (Å²) in [4.78, 5) is 10.7. The van der Waals surface area contributed by atoms with Gasteiger partial charge < -0.3 is 5.32 Å². The number of hydrogen-bond donors (Lipinski definition) is 1. The summed E-state index contributed by atoms with van der Waals surface area (Å²) < 4.78 is 2.52. The maximum absolute atomic E-state index is 5.39. The quantitative estimate of drug-likeness (QED) is 0.180. The van der Waals surface area contributed by atoms with Crippen molar-refractivity contribution in [1.82, 2.24) is 5.32 Å². The summed E-state index contributed by atoms with van der Waals surface area (Å²) in [5.41, 5.74) is 16.1. The van der Waals surface area contributed by atoms with Crippen LogP contribution in [0.2, 0.25) is 0 Å². The number of amidine groups is 2. The lowest BCUT2D eigenvalue weighted by Gasteiger charge is -2.24. The largest absolute Gasteiger partial charge is 0.325 e. The van der Waals surface area contributed by atoms with E-state index in [9.17, 15) is 0 Å². The molecule has 11 rings (SSSR count). The third kappa shape index (κ3) is 5.87. The van der Waals surface area contributed by atoms with E-state index in [2.05, 4.69) is 195 Å². The minimum atomic E-state index is -0.376. The molecule has 278 valence electrons. The van der Waals surface area contributed by atoms with Crippen LogP contribution in [-0.4, -0.2) is 11.7 Å². The highest BCUT2D eigenvalue weighted by molar-refractivity contribution is 7.25. The summed E-state index contributed by atoms with van der Waals surface area (Å²) in [5, 5.41) is 6.20. The van der Waals surface area contributed by atoms with Crippen molar-refractivity contribution in [2.24, 2.45) is 9.98 Å². The van der Waals surface area contributed by atoms with Gasteiger partial charge in [-0.1, -0.05) is 166 Å². The van der Waals surface area contributed by atoms with Crippen LogP contribution in [0, 0.1) is 0 Å². The highest BCUT2D eigenvalue weighted by Crippen LogP contribution is 2.49. The standard InChI is InChI=1S/C54H41N3S/c1-54(2)46-18-10-9-16-42(46)44-32-40(28-30-47(44)54)37-24-26-39(27-25-37)52-55-51(38-14-7-4-8-15-38)56-53(57-52)43-17-11-19-49-50(43)45-33-41(29-31-48(45)58-49)36-22-20-35(21-23-36)34-12-5-3-6-13-34/h3-7,9-14,16-33,52H,8,15H2,1-2H3,(H,55,56,57). The van der Waals surface area contributed by atoms with Crippen LogP contribution in [0.3, 0.4) is 0 Å². The number of nitrogens with zero attached hydrogens (tertiary/aromatic N) is 2. The van der Waals surface area contributed by atoms with Crippen molar-refractivity contribution in [2.75, 3.05) is 0 Å². The van der Waals surface area contributed by atoms with Gasteiger partial charge in [0.05, 0.1) is 0 Å². The maximum atomic E-state index is 5.39. The van der Waals surface area contributed by atoms with Crippen LogP contribution in [0.25, 0.3) is 64.7 Å². The smallest absolute Gasteiger partial charge is 0.169 e. The van der Waals surface area contributed by atoms with Gasteiger partial charge in [-0.2, -0.15) is 0 Å². The van der Waals surface area contributed by atoms with Gasteiger partial charge in [-0.3, -0.25) is 0 Å². The molecule has 3 nitrogen and oxygen atoms in total. The van der Waals surface area contributed by atoms with Crippen molar-refractivity contribution in [2.45, 2.75) is 38.3 Å². The van der Waals surface area contributed by atoms with E-state index in [1.54, 1.807) is 0 Å². The predicted molar refractivity (Wildman–Crippen MR) is 246 cm³/mol. The van der Waals surface area contributed by atoms with Gasteiger partial charge in [-0.05, 0) is 104 Å². The van der Waals surface area contributed by atoms with Crippen molar-refractivity contribution in [1.29, 1.82) is 0 Å². The first-order valence-corrected chi connectivity index (χ1v) is 21.0. The zero-order valence-electron chi connectivity index (χ0n) is 32.5. The summed E-state index contributed by atoms with van der Waals surface area (Å²) in [6.07, 6.45) is 8.13. The Kier molecular flexibility index (Phi) is 8.23. The zero-order valence-corrected chi connectivity index (χ0v) is 33.4. The first-order valence-electron chi connectivity index (χ1n) is 20.2. The van der Waals surface area contributed by atoms with E-state index in [4.69, 9.17) is 9.98 Å². The molecule has 1 N–H and O–H groups in total. The number of rotatable bonds is 6. The predicted octanol–water partition coefficient (Wildman–Crippen LogP) is 14.1. The molecular weight excluding hydrogens is 723 g/mol. The van der Waals surface area contributed by atoms with Crippen LogP contribution >= 0.6 is 11.3 Å². The fourth-order valence-corrected chi connectivity index (χ4v) is 10.2. The first kappa shape index (κ1) is 34.6. The highest BCUT2D eigenvalue weighted by Gasteiger charge is 2.35. The summed E-state index contributed by atoms with van der Waals surface area (Å²) >= 11 is 1.84. The summed E-state index contributed by atoms with van der Waals surface area (Å²) in [5.74, 6) is 1.76. The van der Waals surface area contributed by atoms with Crippen LogP contribution in [0.5, 0.6) is 0 Å². The topological polar surface area (TPSA) is 36.8 Å². The number of thiophene rings is 1. The Morgan fingerprint density at radius 1 is 0.552 bits per heavy atom. The van der Waals surface area contributed by atoms with Crippen LogP contribution < -0.4 is 5.32 Å². The molecule has 0 radical (unpaired) electrons. The van der Waals surface area contributed by atoms with E-state index >= 15 is 0 Å². The monoisotopic (exact) mass is 763 g/mol. The maximum Gasteiger partial charge on any atom is 0.169 e. The zero-order chi connectivity index (χ0) is 38.8. The van der Waals surface area contributed by atoms with Gasteiger partial charge in [0.2, 0.25) is 0 Å². The van der Waals surface area contributed by atoms with Crippen LogP contribution in [0.15, 0.2) is 192 Å². The Morgan fingerprint density at radius 2 is 1.19 bits per heavy atom. The van der Waals surface area contributed by atoms with Gasteiger partial charge in [0, 0.05) is 31.2 Å². The number of benzene rings is 7. The summed E-state index contributed by atoms with van der Waals surface area (Å²) in [7, 11) is 0. The molecule has 2 aliphatic carbocycles. The van der Waals surface area contributed by atoms with Gasteiger partial charge in [-0.15, -0.1) is 11.3 Å². The number of nitrogens with one attached hydrogen (secondary N) is 1. The summed E-state index contributed by atoms with van der Waals surface area (Å²) in [6.45, 7) is 4.66. The van der Waals surface area contributed by atoms with Gasteiger partial charge in [0.15, 0.2) is 6.17 Å². The third-order valence-corrected chi connectivity index (χ3v) is 13.4. The minimum Gasteiger partial charge on any atom is -0.325 e. The van der Waals surface area contributed by atoms with Gasteiger partial charge in [-0.25, -0.2) is 9.98 Å². The molecule has 0 saturated carbocycles. The van der Waals surface area contributed by atoms with Crippen molar-refractivity contribution in [3.63, 3.8) is 0 Å². The molecule has 4 heteroatoms. The fourth-order valence-electron chi connectivity index (χ4n) is 9.14. The molecule has 58 heavy (non-hydrogen) atoms. The molecule has 0 amide bonds. The second-order valence-electron chi connectivity index (χ2n) is 16.1. The average molecular weight is 764 g/mol. The highest BCUT2D eigenvalue weighted by atomic mass is 32.1. The molecule has 0 fully saturated rings. The normalized spacial score (nSPS) is 16.7. The van der Waals surface area contributed by atoms with E-state index in [0.717, 1.165) is 35.6 Å². The van der Waals surface area contributed by atoms with E-state index in [1.165, 1.54) is 81.4 Å². The molecule has 1 unspecified atom stereocenters. The molecule has 1 atom stereocenters. The number of hydrogen-bond acceptors (Lipinski definition) is 4. The lowest BCUT2D eigenvalue weighted by atomic mass is 9.82. The number of allylic oxidation sites excluding steroid dienone is 3. The van der Waals surface area contributed by atoms with Crippen molar-refractivity contribution in [3.8, 4) is 44.5 Å². The van der Waals surface area contributed by atoms with Gasteiger partial charge >= 0.3 is 0 Å². The minimum absolute atomic E-state index is 0.00462. The second kappa shape index (κ2) is 13.8. The molecule has 0 spiro atoms. The van der Waals surface area contributed by atoms with Gasteiger partial charge in [0.1, 0.15) is 11.7 Å².